The van der Waals surface area contributed by atoms with Crippen LogP contribution in [0.5, 0.6) is 0 Å². The average Bonchev–Trinajstić information content (AvgIpc) is 3.00. The molecule has 2 aromatic heterocycles. The zero-order valence-electron chi connectivity index (χ0n) is 9.57. The number of nitrogens with one attached hydrogen (secondary N) is 3. The number of carbonyl (C=O) groups is 1. The second-order valence-corrected chi connectivity index (χ2v) is 5.39. The van der Waals surface area contributed by atoms with Crippen LogP contribution in [0.15, 0.2) is 30.1 Å². The SMILES string of the molecule is O=C(O)[C@H](Cc1cnc[nH]1)NS(=O)(=O)c1cnc[nH]1. The van der Waals surface area contributed by atoms with Crippen molar-refractivity contribution < 1.29 is 18.3 Å². The van der Waals surface area contributed by atoms with Crippen LogP contribution in [-0.4, -0.2) is 45.5 Å². The molecular weight excluding hydrogens is 274 g/mol. The number of rotatable bonds is 6. The Bertz CT molecular complexity index is 634. The molecule has 2 heterocycles. The van der Waals surface area contributed by atoms with Gasteiger partial charge in [-0.2, -0.15) is 4.72 Å². The lowest BCUT2D eigenvalue weighted by Crippen LogP contribution is -2.42. The Kier molecular flexibility index (Phi) is 3.62. The van der Waals surface area contributed by atoms with E-state index in [1.165, 1.54) is 18.9 Å². The zero-order valence-corrected chi connectivity index (χ0v) is 10.4. The lowest BCUT2D eigenvalue weighted by Gasteiger charge is -2.12. The van der Waals surface area contributed by atoms with E-state index in [0.29, 0.717) is 5.69 Å². The molecule has 4 N–H and O–H groups in total. The Morgan fingerprint density at radius 3 is 2.53 bits per heavy atom. The average molecular weight is 285 g/mol. The molecular formula is C9H11N5O4S. The van der Waals surface area contributed by atoms with Gasteiger partial charge in [-0.3, -0.25) is 4.79 Å². The molecule has 102 valence electrons. The van der Waals surface area contributed by atoms with Crippen LogP contribution in [0.3, 0.4) is 0 Å². The highest BCUT2D eigenvalue weighted by atomic mass is 32.2. The number of sulfonamides is 1. The summed E-state index contributed by atoms with van der Waals surface area (Å²) in [4.78, 5) is 23.5. The number of hydrogen-bond acceptors (Lipinski definition) is 5. The number of carboxylic acid groups (broad SMARTS) is 1. The van der Waals surface area contributed by atoms with Crippen molar-refractivity contribution >= 4 is 16.0 Å². The third-order valence-electron chi connectivity index (χ3n) is 2.34. The van der Waals surface area contributed by atoms with Crippen LogP contribution in [-0.2, 0) is 21.2 Å². The number of H-pyrrole nitrogens is 2. The fourth-order valence-corrected chi connectivity index (χ4v) is 2.53. The fourth-order valence-electron chi connectivity index (χ4n) is 1.44. The normalized spacial score (nSPS) is 13.3. The third kappa shape index (κ3) is 3.17. The Balaban J connectivity index is 2.15. The molecule has 2 rings (SSSR count). The zero-order chi connectivity index (χ0) is 13.9. The summed E-state index contributed by atoms with van der Waals surface area (Å²) in [5, 5.41) is 8.85. The van der Waals surface area contributed by atoms with Crippen LogP contribution in [0, 0.1) is 0 Å². The maximum Gasteiger partial charge on any atom is 0.322 e. The monoisotopic (exact) mass is 285 g/mol. The predicted molar refractivity (Wildman–Crippen MR) is 62.6 cm³/mol. The minimum absolute atomic E-state index is 0.0390. The van der Waals surface area contributed by atoms with Gasteiger partial charge in [-0.25, -0.2) is 18.4 Å². The molecule has 0 bridgehead atoms. The summed E-state index contributed by atoms with van der Waals surface area (Å²) in [6.45, 7) is 0. The van der Waals surface area contributed by atoms with Crippen LogP contribution in [0.2, 0.25) is 0 Å². The van der Waals surface area contributed by atoms with Crippen LogP contribution < -0.4 is 4.72 Å². The van der Waals surface area contributed by atoms with Gasteiger partial charge in [-0.05, 0) is 0 Å². The molecule has 9 nitrogen and oxygen atoms in total. The van der Waals surface area contributed by atoms with Crippen LogP contribution in [0.25, 0.3) is 0 Å². The van der Waals surface area contributed by atoms with Gasteiger partial charge in [0.1, 0.15) is 6.04 Å². The maximum absolute atomic E-state index is 11.9. The van der Waals surface area contributed by atoms with Crippen molar-refractivity contribution in [2.75, 3.05) is 0 Å². The second-order valence-electron chi connectivity index (χ2n) is 3.71. The number of carboxylic acids is 1. The summed E-state index contributed by atoms with van der Waals surface area (Å²) >= 11 is 0. The van der Waals surface area contributed by atoms with E-state index in [2.05, 4.69) is 24.7 Å². The predicted octanol–water partition coefficient (Wildman–Crippen LogP) is -0.893. The largest absolute Gasteiger partial charge is 0.480 e. The number of aromatic amines is 2. The van der Waals surface area contributed by atoms with E-state index in [1.807, 2.05) is 0 Å². The van der Waals surface area contributed by atoms with Crippen LogP contribution in [0.4, 0.5) is 0 Å². The molecule has 1 atom stereocenters. The van der Waals surface area contributed by atoms with Crippen molar-refractivity contribution in [2.45, 2.75) is 17.5 Å². The van der Waals surface area contributed by atoms with Gasteiger partial charge in [0.25, 0.3) is 10.0 Å². The molecule has 0 aromatic carbocycles. The van der Waals surface area contributed by atoms with Crippen molar-refractivity contribution in [1.29, 1.82) is 0 Å². The van der Waals surface area contributed by atoms with Crippen molar-refractivity contribution in [3.05, 3.63) is 30.7 Å². The van der Waals surface area contributed by atoms with E-state index in [-0.39, 0.29) is 11.4 Å². The molecule has 0 aliphatic heterocycles. The van der Waals surface area contributed by atoms with E-state index in [1.54, 1.807) is 0 Å². The number of hydrogen-bond donors (Lipinski definition) is 4. The molecule has 0 spiro atoms. The van der Waals surface area contributed by atoms with Crippen molar-refractivity contribution in [3.63, 3.8) is 0 Å². The smallest absolute Gasteiger partial charge is 0.322 e. The lowest BCUT2D eigenvalue weighted by atomic mass is 10.2. The van der Waals surface area contributed by atoms with Crippen molar-refractivity contribution in [2.24, 2.45) is 0 Å². The molecule has 10 heteroatoms. The molecule has 0 radical (unpaired) electrons. The lowest BCUT2D eigenvalue weighted by molar-refractivity contribution is -0.138. The van der Waals surface area contributed by atoms with Crippen LogP contribution in [0.1, 0.15) is 5.69 Å². The van der Waals surface area contributed by atoms with E-state index < -0.39 is 22.0 Å². The summed E-state index contributed by atoms with van der Waals surface area (Å²) in [6.07, 6.45) is 5.07. The highest BCUT2D eigenvalue weighted by Crippen LogP contribution is 2.06. The summed E-state index contributed by atoms with van der Waals surface area (Å²) in [6, 6.07) is -1.30. The maximum atomic E-state index is 11.9. The van der Waals surface area contributed by atoms with E-state index in [4.69, 9.17) is 5.11 Å². The van der Waals surface area contributed by atoms with Gasteiger partial charge in [0.15, 0.2) is 5.03 Å². The van der Waals surface area contributed by atoms with Gasteiger partial charge in [-0.1, -0.05) is 0 Å². The molecule has 0 fully saturated rings. The summed E-state index contributed by atoms with van der Waals surface area (Å²) in [5.74, 6) is -1.28. The van der Waals surface area contributed by atoms with Gasteiger partial charge < -0.3 is 15.1 Å². The molecule has 0 saturated heterocycles. The Hall–Kier alpha value is -2.20. The summed E-state index contributed by atoms with van der Waals surface area (Å²) in [7, 11) is -3.95. The number of aliphatic carboxylic acids is 1. The molecule has 19 heavy (non-hydrogen) atoms. The highest BCUT2D eigenvalue weighted by Gasteiger charge is 2.26. The quantitative estimate of drug-likeness (QED) is 0.542. The first-order valence-corrected chi connectivity index (χ1v) is 6.68. The molecule has 0 aliphatic carbocycles. The highest BCUT2D eigenvalue weighted by molar-refractivity contribution is 7.89. The van der Waals surface area contributed by atoms with Gasteiger partial charge in [0.05, 0.1) is 18.9 Å². The number of nitrogens with zero attached hydrogens (tertiary/aromatic N) is 2. The third-order valence-corrected chi connectivity index (χ3v) is 3.73. The molecule has 0 amide bonds. The van der Waals surface area contributed by atoms with Crippen molar-refractivity contribution in [1.82, 2.24) is 24.7 Å². The van der Waals surface area contributed by atoms with E-state index in [0.717, 1.165) is 6.20 Å². The molecule has 2 aromatic rings. The van der Waals surface area contributed by atoms with Crippen molar-refractivity contribution in [3.8, 4) is 0 Å². The standard InChI is InChI=1S/C9H11N5O4S/c15-9(16)7(1-6-2-10-4-12-6)14-19(17,18)8-3-11-5-13-8/h2-5,7,14H,1H2,(H,10,12)(H,11,13)(H,15,16)/t7-/m0/s1. The molecule has 0 unspecified atom stereocenters. The first-order chi connectivity index (χ1) is 8.99. The molecule has 0 saturated carbocycles. The number of imidazole rings is 2. The minimum Gasteiger partial charge on any atom is -0.480 e. The first-order valence-electron chi connectivity index (χ1n) is 5.20. The minimum atomic E-state index is -3.95. The van der Waals surface area contributed by atoms with E-state index >= 15 is 0 Å². The second kappa shape index (κ2) is 5.20. The Morgan fingerprint density at radius 2 is 2.00 bits per heavy atom. The van der Waals surface area contributed by atoms with Gasteiger partial charge in [-0.15, -0.1) is 0 Å². The van der Waals surface area contributed by atoms with Gasteiger partial charge in [0.2, 0.25) is 0 Å². The first kappa shape index (κ1) is 13.2. The topological polar surface area (TPSA) is 141 Å². The number of aromatic nitrogens is 4. The Labute approximate surface area is 108 Å². The summed E-state index contributed by atoms with van der Waals surface area (Å²) in [5.41, 5.74) is 0.514. The fraction of sp³-hybridized carbons (Fsp3) is 0.222. The van der Waals surface area contributed by atoms with E-state index in [9.17, 15) is 13.2 Å². The summed E-state index contributed by atoms with van der Waals surface area (Å²) < 4.78 is 25.8. The van der Waals surface area contributed by atoms with Gasteiger partial charge in [0, 0.05) is 18.3 Å². The molecule has 0 aliphatic rings. The Morgan fingerprint density at radius 1 is 1.32 bits per heavy atom. The van der Waals surface area contributed by atoms with Gasteiger partial charge >= 0.3 is 5.97 Å². The van der Waals surface area contributed by atoms with Crippen LogP contribution >= 0.6 is 0 Å².